The van der Waals surface area contributed by atoms with Crippen molar-refractivity contribution in [3.63, 3.8) is 0 Å². The highest BCUT2D eigenvalue weighted by Gasteiger charge is 2.21. The number of piperidine rings is 1. The molecule has 0 aromatic carbocycles. The third-order valence-corrected chi connectivity index (χ3v) is 5.42. The average molecular weight is 367 g/mol. The Labute approximate surface area is 154 Å². The van der Waals surface area contributed by atoms with Crippen LogP contribution in [-0.2, 0) is 11.3 Å². The number of aryl methyl sites for hydroxylation is 2. The van der Waals surface area contributed by atoms with Crippen LogP contribution in [0.1, 0.15) is 35.3 Å². The number of likely N-dealkylation sites (tertiary alicyclic amines) is 1. The molecule has 7 nitrogen and oxygen atoms in total. The molecular formula is C17H30N6OS. The Hall–Kier alpha value is -1.67. The highest BCUT2D eigenvalue weighted by molar-refractivity contribution is 7.11. The molecule has 8 heteroatoms. The summed E-state index contributed by atoms with van der Waals surface area (Å²) in [5.74, 6) is 0.924. The molecule has 0 spiro atoms. The molecule has 2 heterocycles. The van der Waals surface area contributed by atoms with Gasteiger partial charge < -0.3 is 16.0 Å². The van der Waals surface area contributed by atoms with Crippen LogP contribution in [0.25, 0.3) is 0 Å². The van der Waals surface area contributed by atoms with Crippen molar-refractivity contribution < 1.29 is 4.79 Å². The number of guanidine groups is 1. The second-order valence-electron chi connectivity index (χ2n) is 6.31. The van der Waals surface area contributed by atoms with Crippen LogP contribution in [0.5, 0.6) is 0 Å². The number of carbonyl (C=O) groups is 1. The van der Waals surface area contributed by atoms with Gasteiger partial charge >= 0.3 is 0 Å². The van der Waals surface area contributed by atoms with Crippen molar-refractivity contribution in [2.24, 2.45) is 4.99 Å². The van der Waals surface area contributed by atoms with E-state index in [0.29, 0.717) is 19.1 Å². The minimum Gasteiger partial charge on any atom is -0.358 e. The Morgan fingerprint density at radius 2 is 2.08 bits per heavy atom. The second kappa shape index (κ2) is 9.72. The molecule has 1 fully saturated rings. The number of thiazole rings is 1. The molecule has 3 N–H and O–H groups in total. The monoisotopic (exact) mass is 366 g/mol. The smallest absolute Gasteiger partial charge is 0.233 e. The standard InChI is InChI=1S/C17H30N6OS/c1-5-19-17(20-10-16-21-12(2)13(3)25-16)22-14-6-8-23(9-7-14)11-15(24)18-4/h14H,5-11H2,1-4H3,(H,18,24)(H2,19,20,22). The molecule has 0 bridgehead atoms. The maximum Gasteiger partial charge on any atom is 0.233 e. The number of hydrogen-bond donors (Lipinski definition) is 3. The van der Waals surface area contributed by atoms with Crippen LogP contribution in [0.2, 0.25) is 0 Å². The molecule has 140 valence electrons. The van der Waals surface area contributed by atoms with Crippen molar-refractivity contribution in [3.8, 4) is 0 Å². The second-order valence-corrected chi connectivity index (χ2v) is 7.60. The predicted octanol–water partition coefficient (Wildman–Crippen LogP) is 1.03. The molecule has 1 aromatic heterocycles. The number of rotatable bonds is 6. The Kier molecular flexibility index (Phi) is 7.64. The first-order valence-electron chi connectivity index (χ1n) is 8.92. The van der Waals surface area contributed by atoms with E-state index in [1.807, 2.05) is 6.92 Å². The molecule has 0 radical (unpaired) electrons. The quantitative estimate of drug-likeness (QED) is 0.517. The molecule has 1 aliphatic heterocycles. The molecule has 2 rings (SSSR count). The van der Waals surface area contributed by atoms with E-state index in [1.54, 1.807) is 18.4 Å². The van der Waals surface area contributed by atoms with Gasteiger partial charge in [0.15, 0.2) is 5.96 Å². The lowest BCUT2D eigenvalue weighted by Gasteiger charge is -2.32. The fraction of sp³-hybridized carbons (Fsp3) is 0.706. The van der Waals surface area contributed by atoms with Crippen LogP contribution in [0.4, 0.5) is 0 Å². The minimum atomic E-state index is 0.0790. The number of carbonyl (C=O) groups excluding carboxylic acids is 1. The van der Waals surface area contributed by atoms with Gasteiger partial charge in [-0.15, -0.1) is 11.3 Å². The molecule has 1 saturated heterocycles. The Bertz CT molecular complexity index is 572. The van der Waals surface area contributed by atoms with Gasteiger partial charge in [-0.05, 0) is 33.6 Å². The van der Waals surface area contributed by atoms with Crippen molar-refractivity contribution in [1.82, 2.24) is 25.8 Å². The Morgan fingerprint density at radius 3 is 2.64 bits per heavy atom. The van der Waals surface area contributed by atoms with Crippen LogP contribution in [0.15, 0.2) is 4.99 Å². The molecule has 25 heavy (non-hydrogen) atoms. The van der Waals surface area contributed by atoms with Crippen molar-refractivity contribution in [1.29, 1.82) is 0 Å². The third kappa shape index (κ3) is 6.28. The zero-order valence-electron chi connectivity index (χ0n) is 15.7. The summed E-state index contributed by atoms with van der Waals surface area (Å²) in [5.41, 5.74) is 1.09. The summed E-state index contributed by atoms with van der Waals surface area (Å²) >= 11 is 1.71. The Balaban J connectivity index is 1.85. The third-order valence-electron chi connectivity index (χ3n) is 4.36. The van der Waals surface area contributed by atoms with E-state index in [0.717, 1.165) is 49.1 Å². The van der Waals surface area contributed by atoms with E-state index in [9.17, 15) is 4.79 Å². The van der Waals surface area contributed by atoms with Gasteiger partial charge in [0.05, 0.1) is 18.8 Å². The van der Waals surface area contributed by atoms with Gasteiger partial charge in [-0.1, -0.05) is 0 Å². The summed E-state index contributed by atoms with van der Waals surface area (Å²) < 4.78 is 0. The van der Waals surface area contributed by atoms with Crippen molar-refractivity contribution in [2.75, 3.05) is 33.2 Å². The minimum absolute atomic E-state index is 0.0790. The first-order valence-corrected chi connectivity index (χ1v) is 9.74. The molecule has 1 aliphatic rings. The molecule has 0 unspecified atom stereocenters. The van der Waals surface area contributed by atoms with Gasteiger partial charge in [-0.25, -0.2) is 9.98 Å². The van der Waals surface area contributed by atoms with Gasteiger partial charge in [0.2, 0.25) is 5.91 Å². The first-order chi connectivity index (χ1) is 12.0. The van der Waals surface area contributed by atoms with Crippen molar-refractivity contribution in [3.05, 3.63) is 15.6 Å². The Morgan fingerprint density at radius 1 is 1.36 bits per heavy atom. The topological polar surface area (TPSA) is 81.7 Å². The predicted molar refractivity (Wildman–Crippen MR) is 103 cm³/mol. The van der Waals surface area contributed by atoms with Crippen molar-refractivity contribution >= 4 is 23.2 Å². The van der Waals surface area contributed by atoms with Crippen LogP contribution < -0.4 is 16.0 Å². The van der Waals surface area contributed by atoms with Gasteiger partial charge in [-0.3, -0.25) is 9.69 Å². The molecular weight excluding hydrogens is 336 g/mol. The van der Waals surface area contributed by atoms with Crippen LogP contribution >= 0.6 is 11.3 Å². The van der Waals surface area contributed by atoms with Gasteiger partial charge in [0.1, 0.15) is 5.01 Å². The van der Waals surface area contributed by atoms with Gasteiger partial charge in [-0.2, -0.15) is 0 Å². The maximum absolute atomic E-state index is 11.5. The largest absolute Gasteiger partial charge is 0.358 e. The first kappa shape index (κ1) is 19.7. The highest BCUT2D eigenvalue weighted by atomic mass is 32.1. The fourth-order valence-electron chi connectivity index (χ4n) is 2.78. The molecule has 1 amide bonds. The van der Waals surface area contributed by atoms with Crippen LogP contribution in [0, 0.1) is 13.8 Å². The summed E-state index contributed by atoms with van der Waals surface area (Å²) in [7, 11) is 1.68. The lowest BCUT2D eigenvalue weighted by molar-refractivity contribution is -0.122. The number of aliphatic imine (C=N–C) groups is 1. The lowest BCUT2D eigenvalue weighted by Crippen LogP contribution is -2.50. The SMILES string of the molecule is CCNC(=NCc1nc(C)c(C)s1)NC1CCN(CC(=O)NC)CC1. The molecule has 1 aromatic rings. The summed E-state index contributed by atoms with van der Waals surface area (Å²) in [5, 5.41) is 10.6. The van der Waals surface area contributed by atoms with E-state index < -0.39 is 0 Å². The molecule has 0 atom stereocenters. The maximum atomic E-state index is 11.5. The number of nitrogens with zero attached hydrogens (tertiary/aromatic N) is 3. The normalized spacial score (nSPS) is 16.7. The number of nitrogens with one attached hydrogen (secondary N) is 3. The van der Waals surface area contributed by atoms with E-state index in [2.05, 4.69) is 44.7 Å². The van der Waals surface area contributed by atoms with E-state index >= 15 is 0 Å². The van der Waals surface area contributed by atoms with Crippen LogP contribution in [0.3, 0.4) is 0 Å². The molecule has 0 aliphatic carbocycles. The van der Waals surface area contributed by atoms with Gasteiger partial charge in [0, 0.05) is 37.6 Å². The number of likely N-dealkylation sites (N-methyl/N-ethyl adjacent to an activating group) is 1. The molecule has 0 saturated carbocycles. The number of amides is 1. The fourth-order valence-corrected chi connectivity index (χ4v) is 3.64. The van der Waals surface area contributed by atoms with E-state index in [4.69, 9.17) is 0 Å². The summed E-state index contributed by atoms with van der Waals surface area (Å²) in [6.45, 7) is 9.97. The average Bonchev–Trinajstić information content (AvgIpc) is 2.92. The zero-order chi connectivity index (χ0) is 18.2. The zero-order valence-corrected chi connectivity index (χ0v) is 16.5. The highest BCUT2D eigenvalue weighted by Crippen LogP contribution is 2.17. The number of aromatic nitrogens is 1. The van der Waals surface area contributed by atoms with Crippen molar-refractivity contribution in [2.45, 2.75) is 46.2 Å². The summed E-state index contributed by atoms with van der Waals surface area (Å²) in [6.07, 6.45) is 2.02. The summed E-state index contributed by atoms with van der Waals surface area (Å²) in [6, 6.07) is 0.388. The van der Waals surface area contributed by atoms with Gasteiger partial charge in [0.25, 0.3) is 0 Å². The number of hydrogen-bond acceptors (Lipinski definition) is 5. The lowest BCUT2D eigenvalue weighted by atomic mass is 10.1. The van der Waals surface area contributed by atoms with E-state index in [-0.39, 0.29) is 5.91 Å². The van der Waals surface area contributed by atoms with Crippen LogP contribution in [-0.4, -0.2) is 61.0 Å². The van der Waals surface area contributed by atoms with E-state index in [1.165, 1.54) is 4.88 Å². The summed E-state index contributed by atoms with van der Waals surface area (Å²) in [4.78, 5) is 24.1.